The predicted molar refractivity (Wildman–Crippen MR) is 106 cm³/mol. The monoisotopic (exact) mass is 384 g/mol. The Kier molecular flexibility index (Phi) is 6.73. The third-order valence-electron chi connectivity index (χ3n) is 4.09. The van der Waals surface area contributed by atoms with Crippen LogP contribution in [-0.2, 0) is 24.3 Å². The standard InChI is InChI=1S/C20H24N4O2S/c1-24(2)14-16-8-4-3-7-15(16)13-21-18(25)10-5-11-19-22-20(23-26-19)17-9-6-12-27-17/h3-4,6-9,12H,5,10-11,13-14H2,1-2H3,(H,21,25). The summed E-state index contributed by atoms with van der Waals surface area (Å²) in [7, 11) is 4.08. The molecule has 0 saturated heterocycles. The number of hydrogen-bond donors (Lipinski definition) is 1. The maximum absolute atomic E-state index is 12.1. The molecule has 2 heterocycles. The number of nitrogens with one attached hydrogen (secondary N) is 1. The number of amides is 1. The minimum absolute atomic E-state index is 0.0349. The lowest BCUT2D eigenvalue weighted by Crippen LogP contribution is -2.24. The average molecular weight is 385 g/mol. The van der Waals surface area contributed by atoms with Crippen molar-refractivity contribution in [2.75, 3.05) is 14.1 Å². The van der Waals surface area contributed by atoms with Crippen LogP contribution in [0.25, 0.3) is 10.7 Å². The predicted octanol–water partition coefficient (Wildman–Crippen LogP) is 3.50. The molecule has 3 aromatic rings. The molecule has 7 heteroatoms. The van der Waals surface area contributed by atoms with Crippen molar-refractivity contribution in [2.24, 2.45) is 0 Å². The first-order chi connectivity index (χ1) is 13.1. The van der Waals surface area contributed by atoms with E-state index in [1.54, 1.807) is 11.3 Å². The zero-order valence-corrected chi connectivity index (χ0v) is 16.5. The molecular formula is C20H24N4O2S. The number of carbonyl (C=O) groups excluding carboxylic acids is 1. The molecule has 6 nitrogen and oxygen atoms in total. The molecule has 3 rings (SSSR count). The van der Waals surface area contributed by atoms with Gasteiger partial charge in [-0.1, -0.05) is 35.5 Å². The number of aromatic nitrogens is 2. The molecule has 0 aliphatic rings. The fourth-order valence-electron chi connectivity index (χ4n) is 2.77. The molecule has 1 N–H and O–H groups in total. The van der Waals surface area contributed by atoms with Crippen LogP contribution >= 0.6 is 11.3 Å². The van der Waals surface area contributed by atoms with E-state index in [4.69, 9.17) is 4.52 Å². The van der Waals surface area contributed by atoms with Crippen LogP contribution in [0.1, 0.15) is 29.9 Å². The zero-order chi connectivity index (χ0) is 19.1. The number of carbonyl (C=O) groups is 1. The largest absolute Gasteiger partial charge is 0.352 e. The van der Waals surface area contributed by atoms with E-state index in [9.17, 15) is 4.79 Å². The first kappa shape index (κ1) is 19.3. The van der Waals surface area contributed by atoms with Gasteiger partial charge in [0.1, 0.15) is 0 Å². The van der Waals surface area contributed by atoms with Crippen LogP contribution in [-0.4, -0.2) is 35.0 Å². The van der Waals surface area contributed by atoms with Gasteiger partial charge in [0, 0.05) is 25.9 Å². The van der Waals surface area contributed by atoms with E-state index in [1.807, 2.05) is 43.7 Å². The molecule has 0 fully saturated rings. The van der Waals surface area contributed by atoms with E-state index in [0.29, 0.717) is 37.5 Å². The van der Waals surface area contributed by atoms with Crippen molar-refractivity contribution in [1.82, 2.24) is 20.4 Å². The molecule has 1 aromatic carbocycles. The Morgan fingerprint density at radius 1 is 1.19 bits per heavy atom. The van der Waals surface area contributed by atoms with Crippen LogP contribution in [0.4, 0.5) is 0 Å². The highest BCUT2D eigenvalue weighted by atomic mass is 32.1. The molecule has 0 aliphatic carbocycles. The number of aryl methyl sites for hydroxylation is 1. The fraction of sp³-hybridized carbons (Fsp3) is 0.350. The van der Waals surface area contributed by atoms with Gasteiger partial charge in [0.25, 0.3) is 0 Å². The number of benzene rings is 1. The van der Waals surface area contributed by atoms with Crippen LogP contribution in [0.3, 0.4) is 0 Å². The van der Waals surface area contributed by atoms with Gasteiger partial charge >= 0.3 is 0 Å². The zero-order valence-electron chi connectivity index (χ0n) is 15.6. The molecule has 0 atom stereocenters. The first-order valence-electron chi connectivity index (χ1n) is 8.96. The highest BCUT2D eigenvalue weighted by molar-refractivity contribution is 7.13. The summed E-state index contributed by atoms with van der Waals surface area (Å²) in [6.45, 7) is 1.40. The second-order valence-corrected chi connectivity index (χ2v) is 7.57. The number of nitrogens with zero attached hydrogens (tertiary/aromatic N) is 3. The topological polar surface area (TPSA) is 71.3 Å². The Balaban J connectivity index is 1.43. The molecule has 0 unspecified atom stereocenters. The average Bonchev–Trinajstić information content (AvgIpc) is 3.32. The highest BCUT2D eigenvalue weighted by Gasteiger charge is 2.10. The Bertz CT molecular complexity index is 859. The van der Waals surface area contributed by atoms with Crippen LogP contribution in [0.2, 0.25) is 0 Å². The summed E-state index contributed by atoms with van der Waals surface area (Å²) in [5, 5.41) is 8.97. The summed E-state index contributed by atoms with van der Waals surface area (Å²) in [4.78, 5) is 19.6. The molecule has 142 valence electrons. The van der Waals surface area contributed by atoms with E-state index in [2.05, 4.69) is 32.5 Å². The second-order valence-electron chi connectivity index (χ2n) is 6.63. The molecule has 0 aliphatic heterocycles. The summed E-state index contributed by atoms with van der Waals surface area (Å²) in [6, 6.07) is 12.1. The van der Waals surface area contributed by atoms with E-state index < -0.39 is 0 Å². The Morgan fingerprint density at radius 3 is 2.74 bits per heavy atom. The van der Waals surface area contributed by atoms with E-state index >= 15 is 0 Å². The SMILES string of the molecule is CN(C)Cc1ccccc1CNC(=O)CCCc1nc(-c2cccs2)no1. The molecule has 1 amide bonds. The lowest BCUT2D eigenvalue weighted by atomic mass is 10.1. The van der Waals surface area contributed by atoms with E-state index in [1.165, 1.54) is 5.56 Å². The maximum atomic E-state index is 12.1. The third-order valence-corrected chi connectivity index (χ3v) is 4.95. The molecular weight excluding hydrogens is 360 g/mol. The molecule has 0 bridgehead atoms. The van der Waals surface area contributed by atoms with Crippen molar-refractivity contribution in [3.63, 3.8) is 0 Å². The van der Waals surface area contributed by atoms with E-state index in [0.717, 1.165) is 17.0 Å². The van der Waals surface area contributed by atoms with Crippen molar-refractivity contribution in [1.29, 1.82) is 0 Å². The van der Waals surface area contributed by atoms with Gasteiger partial charge in [-0.3, -0.25) is 4.79 Å². The molecule has 2 aromatic heterocycles. The van der Waals surface area contributed by atoms with Crippen molar-refractivity contribution in [3.8, 4) is 10.7 Å². The van der Waals surface area contributed by atoms with E-state index in [-0.39, 0.29) is 5.91 Å². The minimum Gasteiger partial charge on any atom is -0.352 e. The normalized spacial score (nSPS) is 11.1. The van der Waals surface area contributed by atoms with Gasteiger partial charge in [-0.05, 0) is 43.1 Å². The molecule has 0 saturated carbocycles. The smallest absolute Gasteiger partial charge is 0.226 e. The molecule has 27 heavy (non-hydrogen) atoms. The molecule has 0 radical (unpaired) electrons. The van der Waals surface area contributed by atoms with Gasteiger partial charge in [-0.25, -0.2) is 0 Å². The lowest BCUT2D eigenvalue weighted by Gasteiger charge is -2.14. The van der Waals surface area contributed by atoms with Gasteiger partial charge in [0.15, 0.2) is 0 Å². The summed E-state index contributed by atoms with van der Waals surface area (Å²) in [5.74, 6) is 1.22. The minimum atomic E-state index is 0.0349. The Hall–Kier alpha value is -2.51. The van der Waals surface area contributed by atoms with Gasteiger partial charge < -0.3 is 14.7 Å². The molecule has 0 spiro atoms. The Morgan fingerprint density at radius 2 is 2.00 bits per heavy atom. The number of rotatable bonds is 9. The second kappa shape index (κ2) is 9.43. The van der Waals surface area contributed by atoms with Gasteiger partial charge in [0.2, 0.25) is 17.6 Å². The summed E-state index contributed by atoms with van der Waals surface area (Å²) < 4.78 is 5.26. The third kappa shape index (κ3) is 5.74. The summed E-state index contributed by atoms with van der Waals surface area (Å²) >= 11 is 1.58. The summed E-state index contributed by atoms with van der Waals surface area (Å²) in [5.41, 5.74) is 2.38. The van der Waals surface area contributed by atoms with Crippen LogP contribution in [0.5, 0.6) is 0 Å². The quantitative estimate of drug-likeness (QED) is 0.611. The first-order valence-corrected chi connectivity index (χ1v) is 9.84. The van der Waals surface area contributed by atoms with Crippen molar-refractivity contribution >= 4 is 17.2 Å². The van der Waals surface area contributed by atoms with Crippen LogP contribution in [0, 0.1) is 0 Å². The summed E-state index contributed by atoms with van der Waals surface area (Å²) in [6.07, 6.45) is 1.72. The Labute approximate surface area is 163 Å². The van der Waals surface area contributed by atoms with Gasteiger partial charge in [-0.2, -0.15) is 4.98 Å². The number of thiophene rings is 1. The van der Waals surface area contributed by atoms with Crippen molar-refractivity contribution in [2.45, 2.75) is 32.4 Å². The van der Waals surface area contributed by atoms with Crippen molar-refractivity contribution in [3.05, 3.63) is 58.8 Å². The van der Waals surface area contributed by atoms with Gasteiger partial charge in [0.05, 0.1) is 4.88 Å². The fourth-order valence-corrected chi connectivity index (χ4v) is 3.42. The van der Waals surface area contributed by atoms with Crippen LogP contribution < -0.4 is 5.32 Å². The van der Waals surface area contributed by atoms with Gasteiger partial charge in [-0.15, -0.1) is 11.3 Å². The maximum Gasteiger partial charge on any atom is 0.226 e. The highest BCUT2D eigenvalue weighted by Crippen LogP contribution is 2.21. The lowest BCUT2D eigenvalue weighted by molar-refractivity contribution is -0.121. The van der Waals surface area contributed by atoms with Crippen LogP contribution in [0.15, 0.2) is 46.3 Å². The van der Waals surface area contributed by atoms with Crippen molar-refractivity contribution < 1.29 is 9.32 Å². The number of hydrogen-bond acceptors (Lipinski definition) is 6.